The lowest BCUT2D eigenvalue weighted by Crippen LogP contribution is -2.53. The lowest BCUT2D eigenvalue weighted by atomic mass is 10.0. The van der Waals surface area contributed by atoms with Crippen molar-refractivity contribution >= 4 is 58.3 Å². The minimum absolute atomic E-state index is 0.0888. The van der Waals surface area contributed by atoms with Crippen LogP contribution in [-0.4, -0.2) is 78.7 Å². The van der Waals surface area contributed by atoms with E-state index < -0.39 is 23.8 Å². The maximum atomic E-state index is 13.6. The molecule has 2 amide bonds. The predicted octanol–water partition coefficient (Wildman–Crippen LogP) is 3.74. The maximum Gasteiger partial charge on any atom is 0.407 e. The van der Waals surface area contributed by atoms with Crippen LogP contribution in [0.15, 0.2) is 53.5 Å². The van der Waals surface area contributed by atoms with Crippen molar-refractivity contribution in [2.24, 2.45) is 4.99 Å². The van der Waals surface area contributed by atoms with Gasteiger partial charge < -0.3 is 29.9 Å². The van der Waals surface area contributed by atoms with Crippen LogP contribution >= 0.6 is 23.8 Å². The summed E-state index contributed by atoms with van der Waals surface area (Å²) in [7, 11) is 1.65. The molecule has 1 heterocycles. The fourth-order valence-corrected chi connectivity index (χ4v) is 4.34. The summed E-state index contributed by atoms with van der Waals surface area (Å²) in [5.74, 6) is -0.872. The zero-order chi connectivity index (χ0) is 29.4. The molecule has 1 unspecified atom stereocenters. The van der Waals surface area contributed by atoms with Crippen molar-refractivity contribution in [3.63, 3.8) is 0 Å². The summed E-state index contributed by atoms with van der Waals surface area (Å²) in [6, 6.07) is 14.7. The summed E-state index contributed by atoms with van der Waals surface area (Å²) < 4.78 is 10.4. The average Bonchev–Trinajstić information content (AvgIpc) is 2.98. The van der Waals surface area contributed by atoms with Crippen LogP contribution < -0.4 is 15.5 Å². The first-order valence-corrected chi connectivity index (χ1v) is 13.6. The zero-order valence-corrected chi connectivity index (χ0v) is 24.8. The Kier molecular flexibility index (Phi) is 10.5. The van der Waals surface area contributed by atoms with Gasteiger partial charge in [0.25, 0.3) is 5.91 Å². The summed E-state index contributed by atoms with van der Waals surface area (Å²) in [5, 5.41) is 6.25. The topological polar surface area (TPSA) is 113 Å². The van der Waals surface area contributed by atoms with Gasteiger partial charge in [-0.1, -0.05) is 41.9 Å². The molecule has 10 nitrogen and oxygen atoms in total. The molecule has 2 aromatic rings. The molecule has 0 radical (unpaired) electrons. The Balaban J connectivity index is 1.88. The Hall–Kier alpha value is -3.70. The zero-order valence-electron chi connectivity index (χ0n) is 23.2. The summed E-state index contributed by atoms with van der Waals surface area (Å²) in [6.45, 7) is 7.25. The number of nitrogens with one attached hydrogen (secondary N) is 2. The molecule has 0 bridgehead atoms. The number of thiocarbonyl (C=S) groups is 1. The average molecular weight is 588 g/mol. The number of benzene rings is 2. The number of likely N-dealkylation sites (N-methyl/N-ethyl adjacent to an activating group) is 1. The third kappa shape index (κ3) is 8.40. The second-order valence-corrected chi connectivity index (χ2v) is 10.7. The molecular formula is C28H34ClN5O5S. The standard InChI is InChI=1S/C28H34ClN5O5S/c1-6-38-22(35)17-34(15-14-30-27(37)39-28(2,3)4)26(40)32-24-25(36)33(5)21-13-12-19(29)16-20(21)23(31-24)18-10-8-7-9-11-18/h7-13,16,24H,6,14-15,17H2,1-5H3,(H,30,37)(H,32,40). The molecule has 2 N–H and O–H groups in total. The highest BCUT2D eigenvalue weighted by atomic mass is 35.5. The summed E-state index contributed by atoms with van der Waals surface area (Å²) in [5.41, 5.74) is 2.01. The number of rotatable bonds is 8. The molecule has 0 aliphatic carbocycles. The number of ether oxygens (including phenoxy) is 2. The third-order valence-corrected chi connectivity index (χ3v) is 6.28. The van der Waals surface area contributed by atoms with Crippen LogP contribution in [0.2, 0.25) is 5.02 Å². The van der Waals surface area contributed by atoms with Crippen LogP contribution in [0.25, 0.3) is 0 Å². The van der Waals surface area contributed by atoms with E-state index in [2.05, 4.69) is 10.6 Å². The minimum Gasteiger partial charge on any atom is -0.465 e. The lowest BCUT2D eigenvalue weighted by Gasteiger charge is -2.28. The van der Waals surface area contributed by atoms with E-state index in [1.165, 1.54) is 9.80 Å². The SMILES string of the molecule is CCOC(=O)CN(CCNC(=O)OC(C)(C)C)C(=S)NC1N=C(c2ccccc2)c2cc(Cl)ccc2N(C)C1=O. The number of nitrogens with zero attached hydrogens (tertiary/aromatic N) is 3. The smallest absolute Gasteiger partial charge is 0.407 e. The Morgan fingerprint density at radius 2 is 1.88 bits per heavy atom. The number of hydrogen-bond acceptors (Lipinski definition) is 7. The fraction of sp³-hybridized carbons (Fsp3) is 0.393. The molecule has 0 saturated heterocycles. The van der Waals surface area contributed by atoms with E-state index in [0.717, 1.165) is 5.56 Å². The Labute approximate surface area is 244 Å². The number of hydrogen-bond donors (Lipinski definition) is 2. The fourth-order valence-electron chi connectivity index (χ4n) is 3.90. The van der Waals surface area contributed by atoms with Crippen molar-refractivity contribution in [3.8, 4) is 0 Å². The molecule has 0 saturated carbocycles. The van der Waals surface area contributed by atoms with Crippen molar-refractivity contribution in [2.45, 2.75) is 39.5 Å². The monoisotopic (exact) mass is 587 g/mol. The van der Waals surface area contributed by atoms with Crippen LogP contribution in [0.3, 0.4) is 0 Å². The van der Waals surface area contributed by atoms with Gasteiger partial charge in [-0.15, -0.1) is 0 Å². The molecule has 1 aliphatic rings. The van der Waals surface area contributed by atoms with E-state index in [4.69, 9.17) is 38.3 Å². The van der Waals surface area contributed by atoms with Crippen molar-refractivity contribution in [2.75, 3.05) is 38.2 Å². The number of fused-ring (bicyclic) bond motifs is 1. The summed E-state index contributed by atoms with van der Waals surface area (Å²) in [6.07, 6.45) is -1.71. The number of amides is 2. The molecule has 0 spiro atoms. The molecule has 3 rings (SSSR count). The Morgan fingerprint density at radius 1 is 1.18 bits per heavy atom. The number of carbonyl (C=O) groups is 3. The third-order valence-electron chi connectivity index (χ3n) is 5.67. The van der Waals surface area contributed by atoms with Crippen LogP contribution in [0.1, 0.15) is 38.8 Å². The maximum absolute atomic E-state index is 13.6. The number of anilines is 1. The lowest BCUT2D eigenvalue weighted by molar-refractivity contribution is -0.143. The van der Waals surface area contributed by atoms with Crippen molar-refractivity contribution < 1.29 is 23.9 Å². The molecule has 1 atom stereocenters. The van der Waals surface area contributed by atoms with Crippen molar-refractivity contribution in [1.82, 2.24) is 15.5 Å². The van der Waals surface area contributed by atoms with Crippen LogP contribution in [0.4, 0.5) is 10.5 Å². The van der Waals surface area contributed by atoms with Crippen molar-refractivity contribution in [1.29, 1.82) is 0 Å². The largest absolute Gasteiger partial charge is 0.465 e. The second-order valence-electron chi connectivity index (χ2n) is 9.91. The Bertz CT molecular complexity index is 1280. The highest BCUT2D eigenvalue weighted by Gasteiger charge is 2.32. The van der Waals surface area contributed by atoms with Crippen molar-refractivity contribution in [3.05, 3.63) is 64.7 Å². The van der Waals surface area contributed by atoms with Gasteiger partial charge in [-0.25, -0.2) is 9.79 Å². The minimum atomic E-state index is -1.11. The van der Waals surface area contributed by atoms with Crippen LogP contribution in [0, 0.1) is 0 Å². The normalized spacial score (nSPS) is 14.8. The van der Waals surface area contributed by atoms with E-state index in [-0.39, 0.29) is 37.3 Å². The number of alkyl carbamates (subject to hydrolysis) is 1. The first-order chi connectivity index (χ1) is 18.9. The van der Waals surface area contributed by atoms with Gasteiger partial charge in [-0.3, -0.25) is 9.59 Å². The highest BCUT2D eigenvalue weighted by molar-refractivity contribution is 7.80. The molecule has 1 aliphatic heterocycles. The molecule has 0 fully saturated rings. The van der Waals surface area contributed by atoms with Crippen LogP contribution in [0.5, 0.6) is 0 Å². The van der Waals surface area contributed by atoms with Gasteiger partial charge in [0, 0.05) is 36.3 Å². The van der Waals surface area contributed by atoms with Gasteiger partial charge in [0.15, 0.2) is 5.11 Å². The van der Waals surface area contributed by atoms with E-state index in [9.17, 15) is 14.4 Å². The highest BCUT2D eigenvalue weighted by Crippen LogP contribution is 2.30. The Morgan fingerprint density at radius 3 is 2.52 bits per heavy atom. The quantitative estimate of drug-likeness (QED) is 0.355. The number of aliphatic imine (C=N–C) groups is 1. The molecule has 40 heavy (non-hydrogen) atoms. The van der Waals surface area contributed by atoms with E-state index in [0.29, 0.717) is 22.0 Å². The van der Waals surface area contributed by atoms with Gasteiger partial charge in [-0.2, -0.15) is 0 Å². The molecule has 12 heteroatoms. The van der Waals surface area contributed by atoms with Gasteiger partial charge >= 0.3 is 12.1 Å². The molecule has 0 aromatic heterocycles. The molecule has 214 valence electrons. The number of esters is 1. The number of halogens is 1. The molecular weight excluding hydrogens is 554 g/mol. The number of carbonyl (C=O) groups excluding carboxylic acids is 3. The second kappa shape index (κ2) is 13.6. The summed E-state index contributed by atoms with van der Waals surface area (Å²) in [4.78, 5) is 45.8. The predicted molar refractivity (Wildman–Crippen MR) is 159 cm³/mol. The van der Waals surface area contributed by atoms with E-state index >= 15 is 0 Å². The first kappa shape index (κ1) is 30.8. The summed E-state index contributed by atoms with van der Waals surface area (Å²) >= 11 is 12.0. The molecule has 2 aromatic carbocycles. The first-order valence-electron chi connectivity index (χ1n) is 12.8. The number of benzodiazepines with no additional fused rings is 1. The van der Waals surface area contributed by atoms with E-state index in [1.807, 2.05) is 30.3 Å². The van der Waals surface area contributed by atoms with Gasteiger partial charge in [0.1, 0.15) is 12.1 Å². The van der Waals surface area contributed by atoms with Gasteiger partial charge in [0.2, 0.25) is 6.17 Å². The van der Waals surface area contributed by atoms with Gasteiger partial charge in [-0.05, 0) is 58.1 Å². The van der Waals surface area contributed by atoms with Crippen LogP contribution in [-0.2, 0) is 19.1 Å². The van der Waals surface area contributed by atoms with Gasteiger partial charge in [0.05, 0.1) is 18.0 Å². The van der Waals surface area contributed by atoms with E-state index in [1.54, 1.807) is 52.9 Å².